The van der Waals surface area contributed by atoms with Crippen LogP contribution in [-0.4, -0.2) is 15.2 Å². The van der Waals surface area contributed by atoms with Crippen molar-refractivity contribution in [1.82, 2.24) is 15.2 Å². The first kappa shape index (κ1) is 19.1. The molecule has 0 spiro atoms. The molecule has 4 nitrogen and oxygen atoms in total. The molecule has 1 fully saturated rings. The van der Waals surface area contributed by atoms with Gasteiger partial charge in [-0.05, 0) is 47.9 Å². The van der Waals surface area contributed by atoms with Gasteiger partial charge < -0.3 is 5.32 Å². The monoisotopic (exact) mass is 434 g/mol. The number of aromatic nitrogens is 3. The van der Waals surface area contributed by atoms with Crippen molar-refractivity contribution < 1.29 is 0 Å². The Morgan fingerprint density at radius 2 is 1.62 bits per heavy atom. The number of fused-ring (bicyclic) bond motifs is 1. The summed E-state index contributed by atoms with van der Waals surface area (Å²) in [6.07, 6.45) is 2.50. The molecule has 1 aliphatic rings. The molecule has 5 heteroatoms. The number of hydrogen-bond acceptors (Lipinski definition) is 4. The quantitative estimate of drug-likeness (QED) is 0.292. The Kier molecular flexibility index (Phi) is 4.89. The maximum Gasteiger partial charge on any atom is 0.152 e. The summed E-state index contributed by atoms with van der Waals surface area (Å²) in [5, 5.41) is 14.5. The van der Waals surface area contributed by atoms with Crippen molar-refractivity contribution in [3.05, 3.63) is 96.7 Å². The summed E-state index contributed by atoms with van der Waals surface area (Å²) in [7, 11) is 0. The van der Waals surface area contributed by atoms with Crippen LogP contribution in [0.3, 0.4) is 0 Å². The highest BCUT2D eigenvalue weighted by molar-refractivity contribution is 7.99. The van der Waals surface area contributed by atoms with E-state index in [0.717, 1.165) is 27.8 Å². The van der Waals surface area contributed by atoms with Crippen LogP contribution in [0.4, 0.5) is 11.5 Å². The highest BCUT2D eigenvalue weighted by Gasteiger charge is 2.25. The third kappa shape index (κ3) is 4.12. The van der Waals surface area contributed by atoms with E-state index in [1.54, 1.807) is 11.8 Å². The predicted octanol–water partition coefficient (Wildman–Crippen LogP) is 7.40. The Bertz CT molecular complexity index is 1390. The Morgan fingerprint density at radius 3 is 2.47 bits per heavy atom. The molecule has 0 bridgehead atoms. The highest BCUT2D eigenvalue weighted by atomic mass is 32.2. The van der Waals surface area contributed by atoms with Gasteiger partial charge in [0.05, 0.1) is 5.69 Å². The molecule has 156 valence electrons. The molecule has 0 amide bonds. The minimum absolute atomic E-state index is 0.648. The van der Waals surface area contributed by atoms with Gasteiger partial charge in [0.25, 0.3) is 0 Å². The average Bonchev–Trinajstić information content (AvgIpc) is 3.58. The number of nitrogens with zero attached hydrogens (tertiary/aromatic N) is 2. The van der Waals surface area contributed by atoms with Gasteiger partial charge in [-0.3, -0.25) is 5.10 Å². The van der Waals surface area contributed by atoms with Crippen LogP contribution < -0.4 is 5.32 Å². The van der Waals surface area contributed by atoms with Gasteiger partial charge in [0, 0.05) is 33.8 Å². The molecule has 5 aromatic rings. The zero-order valence-electron chi connectivity index (χ0n) is 17.5. The summed E-state index contributed by atoms with van der Waals surface area (Å²) in [6.45, 7) is 0. The molecule has 2 heterocycles. The zero-order valence-corrected chi connectivity index (χ0v) is 18.3. The molecule has 2 aromatic heterocycles. The Hall–Kier alpha value is -3.57. The summed E-state index contributed by atoms with van der Waals surface area (Å²) >= 11 is 1.68. The Balaban J connectivity index is 1.35. The summed E-state index contributed by atoms with van der Waals surface area (Å²) in [5.74, 6) is 1.49. The lowest BCUT2D eigenvalue weighted by atomic mass is 10.1. The van der Waals surface area contributed by atoms with Crippen molar-refractivity contribution in [3.63, 3.8) is 0 Å². The number of hydrogen-bond donors (Lipinski definition) is 2. The van der Waals surface area contributed by atoms with Crippen LogP contribution in [-0.2, 0) is 0 Å². The molecule has 0 unspecified atom stereocenters. The zero-order chi connectivity index (χ0) is 21.3. The molecule has 6 rings (SSSR count). The number of aromatic amines is 1. The van der Waals surface area contributed by atoms with Gasteiger partial charge in [-0.1, -0.05) is 72.4 Å². The van der Waals surface area contributed by atoms with Crippen LogP contribution >= 0.6 is 11.8 Å². The SMILES string of the molecule is c1ccc(-c2cc(Nc3cc(C4CC4)[nH]n3)cc(Sc3ccc4ccccc4c3)n2)cc1. The van der Waals surface area contributed by atoms with Crippen LogP contribution in [0.5, 0.6) is 0 Å². The summed E-state index contributed by atoms with van der Waals surface area (Å²) in [6, 6.07) is 31.6. The van der Waals surface area contributed by atoms with E-state index in [1.807, 2.05) is 18.2 Å². The average molecular weight is 435 g/mol. The van der Waals surface area contributed by atoms with Crippen molar-refractivity contribution in [2.24, 2.45) is 0 Å². The van der Waals surface area contributed by atoms with Crippen LogP contribution in [0, 0.1) is 0 Å². The van der Waals surface area contributed by atoms with E-state index in [9.17, 15) is 0 Å². The van der Waals surface area contributed by atoms with E-state index in [0.29, 0.717) is 5.92 Å². The molecule has 1 aliphatic carbocycles. The first-order valence-corrected chi connectivity index (χ1v) is 11.7. The molecule has 0 aliphatic heterocycles. The Morgan fingerprint density at radius 1 is 0.812 bits per heavy atom. The van der Waals surface area contributed by atoms with Crippen molar-refractivity contribution in [2.75, 3.05) is 5.32 Å². The van der Waals surface area contributed by atoms with Crippen LogP contribution in [0.15, 0.2) is 101 Å². The molecular formula is C27H22N4S. The minimum Gasteiger partial charge on any atom is -0.339 e. The molecule has 3 aromatic carbocycles. The molecule has 0 saturated heterocycles. The number of anilines is 2. The molecule has 0 atom stereocenters. The van der Waals surface area contributed by atoms with Crippen LogP contribution in [0.1, 0.15) is 24.5 Å². The number of benzene rings is 3. The predicted molar refractivity (Wildman–Crippen MR) is 132 cm³/mol. The minimum atomic E-state index is 0.648. The van der Waals surface area contributed by atoms with Gasteiger partial charge in [0.2, 0.25) is 0 Å². The van der Waals surface area contributed by atoms with Crippen molar-refractivity contribution in [3.8, 4) is 11.3 Å². The van der Waals surface area contributed by atoms with E-state index in [4.69, 9.17) is 4.98 Å². The molecule has 0 radical (unpaired) electrons. The molecule has 32 heavy (non-hydrogen) atoms. The van der Waals surface area contributed by atoms with Crippen LogP contribution in [0.2, 0.25) is 0 Å². The standard InChI is InChI=1S/C27H22N4S/c1-2-7-19(8-3-1)24-15-22(28-26-17-25(30-31-26)20-10-11-20)16-27(29-24)32-23-13-12-18-6-4-5-9-21(18)14-23/h1-9,12-17,20H,10-11H2,(H2,28,29,30,31). The molecule has 1 saturated carbocycles. The summed E-state index contributed by atoms with van der Waals surface area (Å²) < 4.78 is 0. The molecular weight excluding hydrogens is 412 g/mol. The van der Waals surface area contributed by atoms with Gasteiger partial charge in [-0.15, -0.1) is 0 Å². The van der Waals surface area contributed by atoms with E-state index < -0.39 is 0 Å². The van der Waals surface area contributed by atoms with Crippen molar-refractivity contribution >= 4 is 34.0 Å². The first-order chi connectivity index (χ1) is 15.8. The second kappa shape index (κ2) is 8.17. The summed E-state index contributed by atoms with van der Waals surface area (Å²) in [5.41, 5.74) is 4.24. The van der Waals surface area contributed by atoms with Crippen molar-refractivity contribution in [2.45, 2.75) is 28.7 Å². The number of rotatable bonds is 6. The van der Waals surface area contributed by atoms with Gasteiger partial charge in [0.1, 0.15) is 5.03 Å². The normalized spacial score (nSPS) is 13.4. The topological polar surface area (TPSA) is 53.6 Å². The van der Waals surface area contributed by atoms with Gasteiger partial charge >= 0.3 is 0 Å². The van der Waals surface area contributed by atoms with Gasteiger partial charge in [-0.2, -0.15) is 5.10 Å². The lowest BCUT2D eigenvalue weighted by Crippen LogP contribution is -1.95. The number of pyridine rings is 1. The van der Waals surface area contributed by atoms with Crippen molar-refractivity contribution in [1.29, 1.82) is 0 Å². The van der Waals surface area contributed by atoms with Gasteiger partial charge in [0.15, 0.2) is 5.82 Å². The molecule has 2 N–H and O–H groups in total. The third-order valence-electron chi connectivity index (χ3n) is 5.70. The lowest BCUT2D eigenvalue weighted by molar-refractivity contribution is 0.966. The second-order valence-corrected chi connectivity index (χ2v) is 9.26. The Labute approximate surface area is 191 Å². The number of nitrogens with one attached hydrogen (secondary N) is 2. The van der Waals surface area contributed by atoms with Crippen LogP contribution in [0.25, 0.3) is 22.0 Å². The summed E-state index contributed by atoms with van der Waals surface area (Å²) in [4.78, 5) is 6.13. The lowest BCUT2D eigenvalue weighted by Gasteiger charge is -2.10. The third-order valence-corrected chi connectivity index (χ3v) is 6.61. The maximum atomic E-state index is 4.96. The van der Waals surface area contributed by atoms with E-state index in [-0.39, 0.29) is 0 Å². The highest BCUT2D eigenvalue weighted by Crippen LogP contribution is 2.40. The first-order valence-electron chi connectivity index (χ1n) is 10.9. The van der Waals surface area contributed by atoms with Gasteiger partial charge in [-0.25, -0.2) is 4.98 Å². The second-order valence-electron chi connectivity index (χ2n) is 8.16. The smallest absolute Gasteiger partial charge is 0.152 e. The van der Waals surface area contributed by atoms with E-state index >= 15 is 0 Å². The largest absolute Gasteiger partial charge is 0.339 e. The van der Waals surface area contributed by atoms with E-state index in [2.05, 4.69) is 88.3 Å². The van der Waals surface area contributed by atoms with E-state index in [1.165, 1.54) is 34.2 Å². The maximum absolute atomic E-state index is 4.96. The fraction of sp³-hybridized carbons (Fsp3) is 0.111. The number of H-pyrrole nitrogens is 1. The fourth-order valence-corrected chi connectivity index (χ4v) is 4.78. The fourth-order valence-electron chi connectivity index (χ4n) is 3.89.